The van der Waals surface area contributed by atoms with E-state index in [0.29, 0.717) is 25.3 Å². The minimum Gasteiger partial charge on any atom is -0.495 e. The number of nitrogens with two attached hydrogens (primary N) is 1. The molecule has 1 fully saturated rings. The molecule has 110 valence electrons. The number of nitrogens with zero attached hydrogens (tertiary/aromatic N) is 1. The molecule has 1 heterocycles. The molecule has 1 aliphatic heterocycles. The summed E-state index contributed by atoms with van der Waals surface area (Å²) in [6, 6.07) is 4.27. The second-order valence-corrected chi connectivity index (χ2v) is 6.38. The largest absolute Gasteiger partial charge is 0.495 e. The summed E-state index contributed by atoms with van der Waals surface area (Å²) >= 11 is 0. The van der Waals surface area contributed by atoms with Crippen LogP contribution >= 0.6 is 0 Å². The van der Waals surface area contributed by atoms with Gasteiger partial charge in [-0.3, -0.25) is 4.79 Å². The SMILES string of the molecule is COc1ccc(S(=O)(=O)N2CCCNC(=O)C2)cc1N. The molecule has 8 heteroatoms. The standard InChI is InChI=1S/C12H17N3O4S/c1-19-11-4-3-9(7-10(11)13)20(17,18)15-6-2-5-14-12(16)8-15/h3-4,7H,2,5-6,8,13H2,1H3,(H,14,16). The molecule has 0 saturated carbocycles. The van der Waals surface area contributed by atoms with Crippen molar-refractivity contribution in [3.05, 3.63) is 18.2 Å². The molecule has 1 amide bonds. The quantitative estimate of drug-likeness (QED) is 0.752. The van der Waals surface area contributed by atoms with Gasteiger partial charge in [-0.2, -0.15) is 4.31 Å². The number of anilines is 1. The summed E-state index contributed by atoms with van der Waals surface area (Å²) < 4.78 is 31.1. The van der Waals surface area contributed by atoms with Crippen molar-refractivity contribution < 1.29 is 17.9 Å². The molecule has 1 saturated heterocycles. The number of carbonyl (C=O) groups is 1. The Morgan fingerprint density at radius 2 is 2.15 bits per heavy atom. The van der Waals surface area contributed by atoms with Crippen molar-refractivity contribution in [2.45, 2.75) is 11.3 Å². The molecule has 0 radical (unpaired) electrons. The molecular weight excluding hydrogens is 282 g/mol. The van der Waals surface area contributed by atoms with Crippen LogP contribution in [0.25, 0.3) is 0 Å². The fraction of sp³-hybridized carbons (Fsp3) is 0.417. The Kier molecular flexibility index (Phi) is 4.15. The number of carbonyl (C=O) groups excluding carboxylic acids is 1. The van der Waals surface area contributed by atoms with Crippen molar-refractivity contribution in [2.75, 3.05) is 32.5 Å². The van der Waals surface area contributed by atoms with E-state index in [1.807, 2.05) is 0 Å². The van der Waals surface area contributed by atoms with E-state index in [1.165, 1.54) is 25.3 Å². The Morgan fingerprint density at radius 1 is 1.40 bits per heavy atom. The fourth-order valence-corrected chi connectivity index (χ4v) is 3.48. The van der Waals surface area contributed by atoms with Gasteiger partial charge in [-0.15, -0.1) is 0 Å². The summed E-state index contributed by atoms with van der Waals surface area (Å²) in [5.74, 6) is 0.116. The maximum Gasteiger partial charge on any atom is 0.243 e. The lowest BCUT2D eigenvalue weighted by atomic mass is 10.3. The highest BCUT2D eigenvalue weighted by Gasteiger charge is 2.28. The lowest BCUT2D eigenvalue weighted by Gasteiger charge is -2.19. The minimum atomic E-state index is -3.73. The van der Waals surface area contributed by atoms with Crippen LogP contribution in [0.5, 0.6) is 5.75 Å². The summed E-state index contributed by atoms with van der Waals surface area (Å²) in [4.78, 5) is 11.5. The minimum absolute atomic E-state index is 0.0606. The normalized spacial score (nSPS) is 17.4. The lowest BCUT2D eigenvalue weighted by molar-refractivity contribution is -0.120. The van der Waals surface area contributed by atoms with Crippen LogP contribution in [0.3, 0.4) is 0 Å². The average molecular weight is 299 g/mol. The second-order valence-electron chi connectivity index (χ2n) is 4.45. The Balaban J connectivity index is 2.34. The number of hydrogen-bond donors (Lipinski definition) is 2. The van der Waals surface area contributed by atoms with E-state index in [9.17, 15) is 13.2 Å². The highest BCUT2D eigenvalue weighted by Crippen LogP contribution is 2.26. The zero-order valence-corrected chi connectivity index (χ0v) is 11.9. The van der Waals surface area contributed by atoms with Crippen LogP contribution in [0.15, 0.2) is 23.1 Å². The topological polar surface area (TPSA) is 102 Å². The van der Waals surface area contributed by atoms with Gasteiger partial charge >= 0.3 is 0 Å². The number of methoxy groups -OCH3 is 1. The molecular formula is C12H17N3O4S. The number of ether oxygens (including phenoxy) is 1. The molecule has 1 aliphatic rings. The molecule has 3 N–H and O–H groups in total. The van der Waals surface area contributed by atoms with Crippen molar-refractivity contribution in [3.8, 4) is 5.75 Å². The first-order chi connectivity index (χ1) is 9.45. The number of rotatable bonds is 3. The Labute approximate surface area is 117 Å². The van der Waals surface area contributed by atoms with Crippen LogP contribution in [0.1, 0.15) is 6.42 Å². The molecule has 1 aromatic rings. The highest BCUT2D eigenvalue weighted by atomic mass is 32.2. The van der Waals surface area contributed by atoms with Gasteiger partial charge in [0.05, 0.1) is 24.2 Å². The van der Waals surface area contributed by atoms with Crippen LogP contribution in [-0.4, -0.2) is 45.4 Å². The summed E-state index contributed by atoms with van der Waals surface area (Å²) in [5.41, 5.74) is 5.97. The number of nitrogens with one attached hydrogen (secondary N) is 1. The van der Waals surface area contributed by atoms with Crippen molar-refractivity contribution in [2.24, 2.45) is 0 Å². The van der Waals surface area contributed by atoms with E-state index in [2.05, 4.69) is 5.32 Å². The van der Waals surface area contributed by atoms with Crippen molar-refractivity contribution in [3.63, 3.8) is 0 Å². The molecule has 0 bridgehead atoms. The number of amides is 1. The van der Waals surface area contributed by atoms with Gasteiger partial charge in [-0.25, -0.2) is 8.42 Å². The highest BCUT2D eigenvalue weighted by molar-refractivity contribution is 7.89. The first-order valence-electron chi connectivity index (χ1n) is 6.15. The van der Waals surface area contributed by atoms with Crippen molar-refractivity contribution in [1.82, 2.24) is 9.62 Å². The van der Waals surface area contributed by atoms with Gasteiger partial charge in [0.15, 0.2) is 0 Å². The fourth-order valence-electron chi connectivity index (χ4n) is 2.01. The Hall–Kier alpha value is -1.80. The molecule has 0 unspecified atom stereocenters. The Morgan fingerprint density at radius 3 is 2.80 bits per heavy atom. The lowest BCUT2D eigenvalue weighted by Crippen LogP contribution is -2.37. The smallest absolute Gasteiger partial charge is 0.243 e. The van der Waals surface area contributed by atoms with E-state index < -0.39 is 10.0 Å². The maximum absolute atomic E-state index is 12.5. The van der Waals surface area contributed by atoms with Crippen LogP contribution in [0.2, 0.25) is 0 Å². The maximum atomic E-state index is 12.5. The molecule has 2 rings (SSSR count). The van der Waals surface area contributed by atoms with E-state index in [0.717, 1.165) is 4.31 Å². The van der Waals surface area contributed by atoms with E-state index in [-0.39, 0.29) is 23.0 Å². The summed E-state index contributed by atoms with van der Waals surface area (Å²) in [6.07, 6.45) is 0.580. The van der Waals surface area contributed by atoms with Gasteiger partial charge < -0.3 is 15.8 Å². The molecule has 7 nitrogen and oxygen atoms in total. The first kappa shape index (κ1) is 14.6. The predicted molar refractivity (Wildman–Crippen MR) is 73.8 cm³/mol. The molecule has 0 atom stereocenters. The summed E-state index contributed by atoms with van der Waals surface area (Å²) in [5, 5.41) is 2.64. The number of sulfonamides is 1. The molecule has 0 aliphatic carbocycles. The van der Waals surface area contributed by atoms with E-state index >= 15 is 0 Å². The first-order valence-corrected chi connectivity index (χ1v) is 7.59. The van der Waals surface area contributed by atoms with Gasteiger partial charge in [0.1, 0.15) is 5.75 Å². The molecule has 0 aromatic heterocycles. The monoisotopic (exact) mass is 299 g/mol. The van der Waals surface area contributed by atoms with Gasteiger partial charge in [0.2, 0.25) is 15.9 Å². The van der Waals surface area contributed by atoms with E-state index in [1.54, 1.807) is 0 Å². The van der Waals surface area contributed by atoms with Crippen molar-refractivity contribution in [1.29, 1.82) is 0 Å². The number of benzene rings is 1. The zero-order chi connectivity index (χ0) is 14.8. The summed E-state index contributed by atoms with van der Waals surface area (Å²) in [6.45, 7) is 0.608. The molecule has 20 heavy (non-hydrogen) atoms. The predicted octanol–water partition coefficient (Wildman–Crippen LogP) is -0.212. The third kappa shape index (κ3) is 2.86. The van der Waals surface area contributed by atoms with E-state index in [4.69, 9.17) is 10.5 Å². The van der Waals surface area contributed by atoms with Crippen LogP contribution in [0, 0.1) is 0 Å². The second kappa shape index (κ2) is 5.68. The molecule has 1 aromatic carbocycles. The van der Waals surface area contributed by atoms with Crippen LogP contribution < -0.4 is 15.8 Å². The van der Waals surface area contributed by atoms with Gasteiger partial charge in [-0.1, -0.05) is 0 Å². The average Bonchev–Trinajstić information content (AvgIpc) is 2.63. The number of hydrogen-bond acceptors (Lipinski definition) is 5. The molecule has 0 spiro atoms. The third-order valence-corrected chi connectivity index (χ3v) is 4.91. The third-order valence-electron chi connectivity index (χ3n) is 3.07. The van der Waals surface area contributed by atoms with Crippen molar-refractivity contribution >= 4 is 21.6 Å². The Bertz CT molecular complexity index is 615. The van der Waals surface area contributed by atoms with Crippen LogP contribution in [0.4, 0.5) is 5.69 Å². The summed E-state index contributed by atoms with van der Waals surface area (Å²) in [7, 11) is -2.27. The van der Waals surface area contributed by atoms with Gasteiger partial charge in [0.25, 0.3) is 0 Å². The van der Waals surface area contributed by atoms with Crippen LogP contribution in [-0.2, 0) is 14.8 Å². The number of nitrogen functional groups attached to an aromatic ring is 1. The van der Waals surface area contributed by atoms with Gasteiger partial charge in [-0.05, 0) is 24.6 Å². The zero-order valence-electron chi connectivity index (χ0n) is 11.1. The van der Waals surface area contributed by atoms with Gasteiger partial charge in [0, 0.05) is 13.1 Å².